The summed E-state index contributed by atoms with van der Waals surface area (Å²) in [7, 11) is 1.45. The number of carbonyl (C=O) groups is 1. The van der Waals surface area contributed by atoms with Crippen LogP contribution in [-0.2, 0) is 24.1 Å². The highest BCUT2D eigenvalue weighted by atomic mass is 31.2. The zero-order chi connectivity index (χ0) is 44.5. The molecule has 328 valence electrons. The summed E-state index contributed by atoms with van der Waals surface area (Å²) in [6.07, 6.45) is -2.62. The lowest BCUT2D eigenvalue weighted by molar-refractivity contribution is -0.103. The number of nitrogens with one attached hydrogen (secondary N) is 1. The Morgan fingerprint density at radius 1 is 0.857 bits per heavy atom. The van der Waals surface area contributed by atoms with Crippen LogP contribution in [0.1, 0.15) is 67.4 Å². The fraction of sp³-hybridized carbons (Fsp3) is 0.340. The van der Waals surface area contributed by atoms with Crippen LogP contribution in [0.3, 0.4) is 0 Å². The number of nitriles is 1. The maximum atomic E-state index is 18.0. The van der Waals surface area contributed by atoms with Gasteiger partial charge in [0.2, 0.25) is 0 Å². The molecule has 0 aliphatic carbocycles. The summed E-state index contributed by atoms with van der Waals surface area (Å²) in [5.74, 6) is 1.02. The number of hydrogen-bond donors (Lipinski definition) is 1. The normalized spacial score (nSPS) is 18.2. The van der Waals surface area contributed by atoms with Crippen LogP contribution in [-0.4, -0.2) is 88.0 Å². The van der Waals surface area contributed by atoms with Crippen molar-refractivity contribution in [2.75, 3.05) is 32.8 Å². The molecular formula is C47H51FN7O7P. The third-order valence-electron chi connectivity index (χ3n) is 10.7. The number of halogens is 1. The van der Waals surface area contributed by atoms with Crippen LogP contribution in [0.15, 0.2) is 122 Å². The number of methoxy groups -OCH3 is 2. The lowest BCUT2D eigenvalue weighted by Crippen LogP contribution is -2.44. The molecule has 0 saturated carbocycles. The van der Waals surface area contributed by atoms with Gasteiger partial charge in [-0.25, -0.2) is 24.0 Å². The van der Waals surface area contributed by atoms with Gasteiger partial charge in [-0.05, 0) is 80.8 Å². The van der Waals surface area contributed by atoms with E-state index in [9.17, 15) is 10.1 Å². The molecule has 14 nitrogen and oxygen atoms in total. The Labute approximate surface area is 367 Å². The molecule has 3 heterocycles. The highest BCUT2D eigenvalue weighted by molar-refractivity contribution is 7.44. The number of imidazole rings is 1. The van der Waals surface area contributed by atoms with Crippen molar-refractivity contribution in [2.45, 2.75) is 76.4 Å². The zero-order valence-corrected chi connectivity index (χ0v) is 36.9. The van der Waals surface area contributed by atoms with Gasteiger partial charge < -0.3 is 33.3 Å². The van der Waals surface area contributed by atoms with Gasteiger partial charge >= 0.3 is 0 Å². The number of ether oxygens (including phenoxy) is 4. The third-order valence-corrected chi connectivity index (χ3v) is 12.7. The zero-order valence-electron chi connectivity index (χ0n) is 36.0. The standard InChI is InChI=1S/C47H51FN7O7P/c1-31(2)55(32(3)4)63(59-27-13-26-49)60-28-39-42(40(48)46(61-39)54-30-52-41-43(50-29-51-44(41)54)53-45(56)33-14-9-7-10-15-33)62-47(34-16-11-8-12-17-34,35-18-22-37(57-5)23-19-35)36-20-24-38(58-6)25-21-36/h7-12,14-25,29-32,39-40,42,46H,13,27-28H2,1-6H3,(H,50,51,53,56). The number of fused-ring (bicyclic) bond motifs is 1. The SMILES string of the molecule is COc1ccc(C(OC2C(COP(OCCC#N)N(C(C)C)C(C)C)OC(n3cnc4c(NC(=O)c5ccccc5)ncnc43)C2F)(c2ccccc2)c2ccc(OC)cc2)cc1. The molecule has 1 fully saturated rings. The Bertz CT molecular complexity index is 2400. The van der Waals surface area contributed by atoms with Gasteiger partial charge in [-0.3, -0.25) is 9.36 Å². The molecule has 1 aliphatic heterocycles. The summed E-state index contributed by atoms with van der Waals surface area (Å²) in [6, 6.07) is 35.4. The number of amides is 1. The Morgan fingerprint density at radius 3 is 2.02 bits per heavy atom. The van der Waals surface area contributed by atoms with Crippen molar-refractivity contribution in [3.63, 3.8) is 0 Å². The Balaban J connectivity index is 1.34. The lowest BCUT2D eigenvalue weighted by Gasteiger charge is -2.40. The van der Waals surface area contributed by atoms with Gasteiger partial charge in [-0.2, -0.15) is 5.26 Å². The molecule has 0 bridgehead atoms. The summed E-state index contributed by atoms with van der Waals surface area (Å²) in [5.41, 5.74) is 1.59. The van der Waals surface area contributed by atoms with Gasteiger partial charge in [-0.15, -0.1) is 0 Å². The van der Waals surface area contributed by atoms with Crippen LogP contribution < -0.4 is 14.8 Å². The van der Waals surface area contributed by atoms with Crippen LogP contribution in [0.25, 0.3) is 11.2 Å². The van der Waals surface area contributed by atoms with E-state index in [2.05, 4.69) is 31.0 Å². The molecule has 1 aliphatic rings. The molecule has 7 rings (SSSR count). The molecule has 5 unspecified atom stereocenters. The Hall–Kier alpha value is -5.85. The largest absolute Gasteiger partial charge is 0.497 e. The van der Waals surface area contributed by atoms with Crippen molar-refractivity contribution in [2.24, 2.45) is 0 Å². The molecular weight excluding hydrogens is 825 g/mol. The van der Waals surface area contributed by atoms with Crippen LogP contribution in [0.5, 0.6) is 11.5 Å². The van der Waals surface area contributed by atoms with Gasteiger partial charge in [0.25, 0.3) is 14.4 Å². The summed E-state index contributed by atoms with van der Waals surface area (Å²) < 4.78 is 59.7. The first-order chi connectivity index (χ1) is 30.6. The van der Waals surface area contributed by atoms with Gasteiger partial charge in [0.15, 0.2) is 29.4 Å². The molecule has 0 radical (unpaired) electrons. The third kappa shape index (κ3) is 9.72. The molecule has 63 heavy (non-hydrogen) atoms. The Morgan fingerprint density at radius 2 is 1.44 bits per heavy atom. The number of carbonyl (C=O) groups excluding carboxylic acids is 1. The fourth-order valence-corrected chi connectivity index (χ4v) is 9.39. The Kier molecular flexibility index (Phi) is 14.7. The molecule has 16 heteroatoms. The second-order valence-corrected chi connectivity index (χ2v) is 16.8. The van der Waals surface area contributed by atoms with E-state index in [-0.39, 0.29) is 48.7 Å². The number of anilines is 1. The van der Waals surface area contributed by atoms with Gasteiger partial charge in [0.1, 0.15) is 35.6 Å². The number of nitrogens with zero attached hydrogens (tertiary/aromatic N) is 6. The van der Waals surface area contributed by atoms with Gasteiger partial charge in [-0.1, -0.05) is 72.8 Å². The molecule has 1 N–H and O–H groups in total. The minimum atomic E-state index is -1.84. The van der Waals surface area contributed by atoms with Crippen molar-refractivity contribution < 1.29 is 37.2 Å². The van der Waals surface area contributed by atoms with E-state index < -0.39 is 44.6 Å². The molecule has 1 saturated heterocycles. The van der Waals surface area contributed by atoms with Crippen LogP contribution in [0.4, 0.5) is 10.2 Å². The molecule has 4 aromatic carbocycles. The second kappa shape index (κ2) is 20.6. The van der Waals surface area contributed by atoms with Crippen molar-refractivity contribution in [1.29, 1.82) is 5.26 Å². The highest BCUT2D eigenvalue weighted by Gasteiger charge is 2.53. The first-order valence-corrected chi connectivity index (χ1v) is 21.8. The van der Waals surface area contributed by atoms with E-state index in [0.717, 1.165) is 5.56 Å². The van der Waals surface area contributed by atoms with E-state index in [1.165, 1.54) is 17.2 Å². The maximum Gasteiger partial charge on any atom is 0.259 e. The molecule has 5 atom stereocenters. The first-order valence-electron chi connectivity index (χ1n) is 20.7. The minimum Gasteiger partial charge on any atom is -0.497 e. The number of alkyl halides is 1. The minimum absolute atomic E-state index is 0.0147. The smallest absolute Gasteiger partial charge is 0.259 e. The summed E-state index contributed by atoms with van der Waals surface area (Å²) in [4.78, 5) is 26.5. The van der Waals surface area contributed by atoms with E-state index in [4.69, 9.17) is 28.0 Å². The van der Waals surface area contributed by atoms with Crippen molar-refractivity contribution in [3.05, 3.63) is 144 Å². The molecule has 1 amide bonds. The second-order valence-electron chi connectivity index (χ2n) is 15.3. The summed E-state index contributed by atoms with van der Waals surface area (Å²) in [6.45, 7) is 8.16. The number of rotatable bonds is 19. The van der Waals surface area contributed by atoms with Crippen LogP contribution in [0, 0.1) is 11.3 Å². The van der Waals surface area contributed by atoms with Gasteiger partial charge in [0.05, 0.1) is 46.3 Å². The van der Waals surface area contributed by atoms with Crippen molar-refractivity contribution >= 4 is 31.4 Å². The average molecular weight is 876 g/mol. The average Bonchev–Trinajstić information content (AvgIpc) is 3.88. The van der Waals surface area contributed by atoms with E-state index in [1.54, 1.807) is 38.5 Å². The highest BCUT2D eigenvalue weighted by Crippen LogP contribution is 2.50. The van der Waals surface area contributed by atoms with E-state index in [0.29, 0.717) is 28.2 Å². The summed E-state index contributed by atoms with van der Waals surface area (Å²) in [5, 5.41) is 12.2. The van der Waals surface area contributed by atoms with E-state index in [1.807, 2.05) is 113 Å². The van der Waals surface area contributed by atoms with E-state index >= 15 is 4.39 Å². The number of benzene rings is 4. The lowest BCUT2D eigenvalue weighted by atomic mass is 9.79. The van der Waals surface area contributed by atoms with Crippen LogP contribution >= 0.6 is 8.53 Å². The monoisotopic (exact) mass is 875 g/mol. The molecule has 2 aromatic heterocycles. The fourth-order valence-electron chi connectivity index (χ4n) is 7.77. The molecule has 6 aromatic rings. The van der Waals surface area contributed by atoms with Gasteiger partial charge in [0, 0.05) is 17.6 Å². The quantitative estimate of drug-likeness (QED) is 0.0469. The topological polar surface area (TPSA) is 155 Å². The first kappa shape index (κ1) is 45.2. The predicted octanol–water partition coefficient (Wildman–Crippen LogP) is 9.00. The number of aromatic nitrogens is 4. The van der Waals surface area contributed by atoms with Crippen LogP contribution in [0.2, 0.25) is 0 Å². The predicted molar refractivity (Wildman–Crippen MR) is 237 cm³/mol. The molecule has 0 spiro atoms. The van der Waals surface area contributed by atoms with Crippen molar-refractivity contribution in [3.8, 4) is 17.6 Å². The maximum absolute atomic E-state index is 18.0. The van der Waals surface area contributed by atoms with Crippen molar-refractivity contribution in [1.82, 2.24) is 24.2 Å². The number of hydrogen-bond acceptors (Lipinski definition) is 12. The summed E-state index contributed by atoms with van der Waals surface area (Å²) >= 11 is 0.